The van der Waals surface area contributed by atoms with Gasteiger partial charge in [0.1, 0.15) is 0 Å². The van der Waals surface area contributed by atoms with Crippen molar-refractivity contribution in [3.63, 3.8) is 0 Å². The summed E-state index contributed by atoms with van der Waals surface area (Å²) >= 11 is 0. The summed E-state index contributed by atoms with van der Waals surface area (Å²) in [5.74, 6) is 0.395. The minimum Gasteiger partial charge on any atom is -0.377 e. The zero-order valence-corrected chi connectivity index (χ0v) is 12.8. The minimum atomic E-state index is 0.169. The molecule has 2 atom stereocenters. The van der Waals surface area contributed by atoms with Crippen LogP contribution >= 0.6 is 0 Å². The van der Waals surface area contributed by atoms with E-state index in [1.807, 2.05) is 12.1 Å². The van der Waals surface area contributed by atoms with E-state index in [0.717, 1.165) is 31.7 Å². The van der Waals surface area contributed by atoms with Gasteiger partial charge in [-0.15, -0.1) is 0 Å². The van der Waals surface area contributed by atoms with E-state index in [-0.39, 0.29) is 11.8 Å². The summed E-state index contributed by atoms with van der Waals surface area (Å²) in [5.41, 5.74) is 2.09. The van der Waals surface area contributed by atoms with Gasteiger partial charge < -0.3 is 15.0 Å². The van der Waals surface area contributed by atoms with Crippen molar-refractivity contribution >= 4 is 17.3 Å². The van der Waals surface area contributed by atoms with Crippen LogP contribution in [0.1, 0.15) is 33.1 Å². The quantitative estimate of drug-likeness (QED) is 0.929. The summed E-state index contributed by atoms with van der Waals surface area (Å²) in [6.07, 6.45) is 3.25. The van der Waals surface area contributed by atoms with Crippen LogP contribution in [0.5, 0.6) is 0 Å². The summed E-state index contributed by atoms with van der Waals surface area (Å²) in [4.78, 5) is 14.3. The molecule has 114 valence electrons. The third-order valence-corrected chi connectivity index (χ3v) is 4.58. The van der Waals surface area contributed by atoms with Crippen molar-refractivity contribution < 1.29 is 9.53 Å². The predicted molar refractivity (Wildman–Crippen MR) is 84.6 cm³/mol. The van der Waals surface area contributed by atoms with E-state index in [1.165, 1.54) is 12.1 Å². The average Bonchev–Trinajstić information content (AvgIpc) is 2.38. The molecule has 3 rings (SSSR count). The van der Waals surface area contributed by atoms with Gasteiger partial charge in [0.2, 0.25) is 5.91 Å². The van der Waals surface area contributed by atoms with Gasteiger partial charge in [-0.05, 0) is 51.0 Å². The number of amides is 1. The molecule has 2 aliphatic rings. The molecule has 0 spiro atoms. The Morgan fingerprint density at radius 3 is 2.29 bits per heavy atom. The van der Waals surface area contributed by atoms with Gasteiger partial charge in [-0.2, -0.15) is 0 Å². The Bertz CT molecular complexity index is 486. The highest BCUT2D eigenvalue weighted by atomic mass is 16.5. The molecule has 1 aromatic carbocycles. The van der Waals surface area contributed by atoms with Crippen molar-refractivity contribution in [2.24, 2.45) is 5.92 Å². The van der Waals surface area contributed by atoms with Gasteiger partial charge in [-0.25, -0.2) is 0 Å². The molecule has 1 aromatic rings. The fraction of sp³-hybridized carbons (Fsp3) is 0.588. The highest BCUT2D eigenvalue weighted by Gasteiger charge is 2.26. The number of anilines is 2. The summed E-state index contributed by atoms with van der Waals surface area (Å²) in [7, 11) is 0. The van der Waals surface area contributed by atoms with E-state index in [4.69, 9.17) is 4.74 Å². The molecule has 1 aliphatic heterocycles. The van der Waals surface area contributed by atoms with Crippen LogP contribution in [0, 0.1) is 5.92 Å². The van der Waals surface area contributed by atoms with Gasteiger partial charge in [0.05, 0.1) is 13.2 Å². The molecule has 1 N–H and O–H groups in total. The molecule has 1 saturated carbocycles. The molecule has 2 unspecified atom stereocenters. The van der Waals surface area contributed by atoms with E-state index >= 15 is 0 Å². The zero-order chi connectivity index (χ0) is 14.8. The van der Waals surface area contributed by atoms with Gasteiger partial charge in [-0.3, -0.25) is 4.79 Å². The standard InChI is InChI=1S/C17H24N2O2/c1-12-10-21-11-13(2)19(12)16-8-6-15(7-9-16)18-17(20)14-4-3-5-14/h6-9,12-14H,3-5,10-11H2,1-2H3,(H,18,20). The Morgan fingerprint density at radius 2 is 1.76 bits per heavy atom. The molecule has 1 heterocycles. The molecule has 1 aliphatic carbocycles. The van der Waals surface area contributed by atoms with Crippen LogP contribution < -0.4 is 10.2 Å². The van der Waals surface area contributed by atoms with Gasteiger partial charge in [0, 0.05) is 29.4 Å². The fourth-order valence-corrected chi connectivity index (χ4v) is 3.14. The number of carbonyl (C=O) groups excluding carboxylic acids is 1. The molecule has 1 amide bonds. The molecule has 1 saturated heterocycles. The van der Waals surface area contributed by atoms with E-state index < -0.39 is 0 Å². The smallest absolute Gasteiger partial charge is 0.227 e. The third-order valence-electron chi connectivity index (χ3n) is 4.58. The third kappa shape index (κ3) is 3.05. The van der Waals surface area contributed by atoms with Crippen molar-refractivity contribution in [3.05, 3.63) is 24.3 Å². The number of benzene rings is 1. The lowest BCUT2D eigenvalue weighted by atomic mass is 9.85. The van der Waals surface area contributed by atoms with Gasteiger partial charge in [0.25, 0.3) is 0 Å². The number of morpholine rings is 1. The number of ether oxygens (including phenoxy) is 1. The SMILES string of the molecule is CC1COCC(C)N1c1ccc(NC(=O)C2CCC2)cc1. The molecule has 0 aromatic heterocycles. The molecule has 2 fully saturated rings. The molecule has 21 heavy (non-hydrogen) atoms. The lowest BCUT2D eigenvalue weighted by Crippen LogP contribution is -2.49. The fourth-order valence-electron chi connectivity index (χ4n) is 3.14. The normalized spacial score (nSPS) is 26.3. The number of nitrogens with one attached hydrogen (secondary N) is 1. The second-order valence-electron chi connectivity index (χ2n) is 6.31. The molecule has 4 heteroatoms. The lowest BCUT2D eigenvalue weighted by molar-refractivity contribution is -0.122. The van der Waals surface area contributed by atoms with Crippen LogP contribution in [-0.4, -0.2) is 31.2 Å². The Kier molecular flexibility index (Phi) is 4.15. The van der Waals surface area contributed by atoms with E-state index in [2.05, 4.69) is 36.2 Å². The van der Waals surface area contributed by atoms with Crippen LogP contribution in [0.15, 0.2) is 24.3 Å². The first kappa shape index (κ1) is 14.4. The molecule has 4 nitrogen and oxygen atoms in total. The zero-order valence-electron chi connectivity index (χ0n) is 12.8. The summed E-state index contributed by atoms with van der Waals surface area (Å²) < 4.78 is 5.57. The summed E-state index contributed by atoms with van der Waals surface area (Å²) in [6, 6.07) is 8.94. The molecular weight excluding hydrogens is 264 g/mol. The Morgan fingerprint density at radius 1 is 1.14 bits per heavy atom. The Balaban J connectivity index is 1.66. The van der Waals surface area contributed by atoms with Crippen molar-refractivity contribution in [3.8, 4) is 0 Å². The number of carbonyl (C=O) groups is 1. The van der Waals surface area contributed by atoms with Crippen molar-refractivity contribution in [1.29, 1.82) is 0 Å². The van der Waals surface area contributed by atoms with Gasteiger partial charge in [-0.1, -0.05) is 6.42 Å². The van der Waals surface area contributed by atoms with Crippen molar-refractivity contribution in [2.45, 2.75) is 45.2 Å². The lowest BCUT2D eigenvalue weighted by Gasteiger charge is -2.40. The van der Waals surface area contributed by atoms with Gasteiger partial charge >= 0.3 is 0 Å². The first-order valence-corrected chi connectivity index (χ1v) is 7.92. The summed E-state index contributed by atoms with van der Waals surface area (Å²) in [5, 5.41) is 3.01. The second kappa shape index (κ2) is 6.06. The van der Waals surface area contributed by atoms with Crippen molar-refractivity contribution in [2.75, 3.05) is 23.4 Å². The van der Waals surface area contributed by atoms with Crippen LogP contribution in [0.2, 0.25) is 0 Å². The maximum atomic E-state index is 11.9. The highest BCUT2D eigenvalue weighted by molar-refractivity contribution is 5.93. The molecular formula is C17H24N2O2. The minimum absolute atomic E-state index is 0.169. The Labute approximate surface area is 126 Å². The number of hydrogen-bond donors (Lipinski definition) is 1. The van der Waals surface area contributed by atoms with Crippen LogP contribution in [-0.2, 0) is 9.53 Å². The monoisotopic (exact) mass is 288 g/mol. The topological polar surface area (TPSA) is 41.6 Å². The maximum Gasteiger partial charge on any atom is 0.227 e. The van der Waals surface area contributed by atoms with E-state index in [0.29, 0.717) is 12.1 Å². The van der Waals surface area contributed by atoms with E-state index in [1.54, 1.807) is 0 Å². The molecule has 0 radical (unpaired) electrons. The summed E-state index contributed by atoms with van der Waals surface area (Å²) in [6.45, 7) is 5.90. The number of hydrogen-bond acceptors (Lipinski definition) is 3. The first-order valence-electron chi connectivity index (χ1n) is 7.92. The number of nitrogens with zero attached hydrogens (tertiary/aromatic N) is 1. The second-order valence-corrected chi connectivity index (χ2v) is 6.31. The maximum absolute atomic E-state index is 11.9. The molecule has 0 bridgehead atoms. The van der Waals surface area contributed by atoms with Crippen molar-refractivity contribution in [1.82, 2.24) is 0 Å². The van der Waals surface area contributed by atoms with E-state index in [9.17, 15) is 4.79 Å². The van der Waals surface area contributed by atoms with Crippen LogP contribution in [0.25, 0.3) is 0 Å². The highest BCUT2D eigenvalue weighted by Crippen LogP contribution is 2.29. The van der Waals surface area contributed by atoms with Crippen LogP contribution in [0.3, 0.4) is 0 Å². The average molecular weight is 288 g/mol. The van der Waals surface area contributed by atoms with Gasteiger partial charge in [0.15, 0.2) is 0 Å². The largest absolute Gasteiger partial charge is 0.377 e. The number of rotatable bonds is 3. The Hall–Kier alpha value is -1.55. The predicted octanol–water partition coefficient (Wildman–Crippen LogP) is 3.04. The first-order chi connectivity index (χ1) is 10.1. The van der Waals surface area contributed by atoms with Crippen LogP contribution in [0.4, 0.5) is 11.4 Å².